The first-order valence-electron chi connectivity index (χ1n) is 10.2. The van der Waals surface area contributed by atoms with Crippen LogP contribution in [-0.4, -0.2) is 64.9 Å². The topological polar surface area (TPSA) is 68.4 Å². The minimum atomic E-state index is -0.551. The molecule has 2 amide bonds. The Balaban J connectivity index is 1.72. The van der Waals surface area contributed by atoms with Crippen LogP contribution in [0, 0.1) is 0 Å². The van der Waals surface area contributed by atoms with Crippen LogP contribution in [0.1, 0.15) is 39.2 Å². The highest BCUT2D eigenvalue weighted by Crippen LogP contribution is 2.21. The number of nitrogens with one attached hydrogen (secondary N) is 2. The number of carbonyl (C=O) groups is 2. The third-order valence-corrected chi connectivity index (χ3v) is 5.90. The number of para-hydroxylation sites is 1. The van der Waals surface area contributed by atoms with E-state index in [2.05, 4.69) is 29.0 Å². The summed E-state index contributed by atoms with van der Waals surface area (Å²) >= 11 is 0. The van der Waals surface area contributed by atoms with Crippen LogP contribution in [0.5, 0.6) is 0 Å². The molecule has 2 N–H and O–H groups in total. The molecule has 0 radical (unpaired) electrons. The van der Waals surface area contributed by atoms with Gasteiger partial charge in [0.25, 0.3) is 0 Å². The Morgan fingerprint density at radius 3 is 2.57 bits per heavy atom. The van der Waals surface area contributed by atoms with E-state index in [0.29, 0.717) is 12.5 Å². The first kappa shape index (κ1) is 20.4. The lowest BCUT2D eigenvalue weighted by atomic mass is 9.99. The van der Waals surface area contributed by atoms with Gasteiger partial charge >= 0.3 is 0 Å². The van der Waals surface area contributed by atoms with E-state index in [0.717, 1.165) is 42.4 Å². The van der Waals surface area contributed by atoms with Crippen molar-refractivity contribution in [1.82, 2.24) is 20.1 Å². The third-order valence-electron chi connectivity index (χ3n) is 5.90. The maximum absolute atomic E-state index is 13.2. The van der Waals surface area contributed by atoms with Crippen LogP contribution < -0.4 is 5.32 Å². The summed E-state index contributed by atoms with van der Waals surface area (Å²) in [4.78, 5) is 32.6. The Kier molecular flexibility index (Phi) is 6.39. The first-order chi connectivity index (χ1) is 13.4. The highest BCUT2D eigenvalue weighted by molar-refractivity contribution is 5.89. The normalized spacial score (nSPS) is 17.0. The van der Waals surface area contributed by atoms with Crippen LogP contribution in [-0.2, 0) is 16.0 Å². The fourth-order valence-electron chi connectivity index (χ4n) is 4.18. The maximum Gasteiger partial charge on any atom is 0.245 e. The second kappa shape index (κ2) is 8.78. The molecule has 1 unspecified atom stereocenters. The predicted molar refractivity (Wildman–Crippen MR) is 112 cm³/mol. The largest absolute Gasteiger partial charge is 0.361 e. The van der Waals surface area contributed by atoms with Crippen molar-refractivity contribution in [2.24, 2.45) is 0 Å². The van der Waals surface area contributed by atoms with E-state index in [1.165, 1.54) is 6.92 Å². The van der Waals surface area contributed by atoms with Crippen LogP contribution in [0.15, 0.2) is 30.5 Å². The lowest BCUT2D eigenvalue weighted by molar-refractivity contribution is -0.137. The van der Waals surface area contributed by atoms with E-state index in [1.54, 1.807) is 0 Å². The van der Waals surface area contributed by atoms with E-state index < -0.39 is 6.04 Å². The molecular formula is C22H32N4O2. The number of likely N-dealkylation sites (N-methyl/N-ethyl adjacent to an activating group) is 1. The molecule has 0 spiro atoms. The lowest BCUT2D eigenvalue weighted by Gasteiger charge is -2.39. The van der Waals surface area contributed by atoms with Crippen LogP contribution >= 0.6 is 0 Å². The fraction of sp³-hybridized carbons (Fsp3) is 0.545. The molecule has 0 aliphatic carbocycles. The number of aromatic amines is 1. The van der Waals surface area contributed by atoms with Crippen LogP contribution in [0.3, 0.4) is 0 Å². The summed E-state index contributed by atoms with van der Waals surface area (Å²) in [5.41, 5.74) is 2.09. The van der Waals surface area contributed by atoms with E-state index in [1.807, 2.05) is 42.4 Å². The van der Waals surface area contributed by atoms with Crippen molar-refractivity contribution < 1.29 is 9.59 Å². The Morgan fingerprint density at radius 1 is 1.25 bits per heavy atom. The van der Waals surface area contributed by atoms with Gasteiger partial charge in [0, 0.05) is 62.7 Å². The minimum Gasteiger partial charge on any atom is -0.361 e. The van der Waals surface area contributed by atoms with E-state index in [9.17, 15) is 9.59 Å². The van der Waals surface area contributed by atoms with Gasteiger partial charge < -0.3 is 20.1 Å². The molecule has 6 nitrogen and oxygen atoms in total. The number of amides is 2. The molecule has 2 heterocycles. The van der Waals surface area contributed by atoms with Gasteiger partial charge in [-0.2, -0.15) is 0 Å². The van der Waals surface area contributed by atoms with Gasteiger partial charge in [0.05, 0.1) is 0 Å². The molecule has 0 saturated carbocycles. The van der Waals surface area contributed by atoms with Gasteiger partial charge in [-0.3, -0.25) is 9.59 Å². The molecule has 1 atom stereocenters. The van der Waals surface area contributed by atoms with Gasteiger partial charge in [0.15, 0.2) is 0 Å². The highest BCUT2D eigenvalue weighted by atomic mass is 16.2. The third kappa shape index (κ3) is 4.55. The summed E-state index contributed by atoms with van der Waals surface area (Å²) in [5, 5.41) is 3.97. The minimum absolute atomic E-state index is 0.0107. The predicted octanol–water partition coefficient (Wildman–Crippen LogP) is 2.55. The number of hydrogen-bond donors (Lipinski definition) is 2. The molecule has 1 saturated heterocycles. The van der Waals surface area contributed by atoms with Gasteiger partial charge in [0.2, 0.25) is 11.8 Å². The van der Waals surface area contributed by atoms with Gasteiger partial charge in [-0.05, 0) is 38.3 Å². The summed E-state index contributed by atoms with van der Waals surface area (Å²) in [6.45, 7) is 7.91. The Morgan fingerprint density at radius 2 is 1.93 bits per heavy atom. The SMILES string of the molecule is CC(=O)NC(Cc1c[nH]c2ccccc12)C(=O)N(C)C1CCN(C(C)C)CC1. The summed E-state index contributed by atoms with van der Waals surface area (Å²) < 4.78 is 0. The molecule has 28 heavy (non-hydrogen) atoms. The van der Waals surface area contributed by atoms with Crippen molar-refractivity contribution in [1.29, 1.82) is 0 Å². The molecule has 1 aromatic heterocycles. The van der Waals surface area contributed by atoms with Gasteiger partial charge in [-0.15, -0.1) is 0 Å². The maximum atomic E-state index is 13.2. The summed E-state index contributed by atoms with van der Waals surface area (Å²) in [6.07, 6.45) is 4.37. The number of hydrogen-bond acceptors (Lipinski definition) is 3. The molecule has 6 heteroatoms. The second-order valence-electron chi connectivity index (χ2n) is 8.13. The summed E-state index contributed by atoms with van der Waals surface area (Å²) in [7, 11) is 1.88. The zero-order valence-electron chi connectivity index (χ0n) is 17.4. The lowest BCUT2D eigenvalue weighted by Crippen LogP contribution is -2.53. The second-order valence-corrected chi connectivity index (χ2v) is 8.13. The van der Waals surface area contributed by atoms with E-state index >= 15 is 0 Å². The monoisotopic (exact) mass is 384 g/mol. The van der Waals surface area contributed by atoms with Crippen molar-refractivity contribution in [2.75, 3.05) is 20.1 Å². The number of H-pyrrole nitrogens is 1. The van der Waals surface area contributed by atoms with Crippen molar-refractivity contribution in [2.45, 2.75) is 58.2 Å². The Bertz CT molecular complexity index is 821. The fourth-order valence-corrected chi connectivity index (χ4v) is 4.18. The van der Waals surface area contributed by atoms with Crippen molar-refractivity contribution in [3.8, 4) is 0 Å². The van der Waals surface area contributed by atoms with E-state index in [-0.39, 0.29) is 17.9 Å². The van der Waals surface area contributed by atoms with E-state index in [4.69, 9.17) is 0 Å². The quantitative estimate of drug-likeness (QED) is 0.804. The van der Waals surface area contributed by atoms with Crippen molar-refractivity contribution in [3.63, 3.8) is 0 Å². The number of carbonyl (C=O) groups excluding carboxylic acids is 2. The van der Waals surface area contributed by atoms with Gasteiger partial charge in [-0.25, -0.2) is 0 Å². The van der Waals surface area contributed by atoms with Crippen molar-refractivity contribution >= 4 is 22.7 Å². The number of nitrogens with zero attached hydrogens (tertiary/aromatic N) is 2. The average molecular weight is 385 g/mol. The summed E-state index contributed by atoms with van der Waals surface area (Å²) in [5.74, 6) is -0.190. The number of fused-ring (bicyclic) bond motifs is 1. The zero-order valence-corrected chi connectivity index (χ0v) is 17.4. The number of likely N-dealkylation sites (tertiary alicyclic amines) is 1. The molecule has 2 aromatic rings. The molecular weight excluding hydrogens is 352 g/mol. The van der Waals surface area contributed by atoms with Gasteiger partial charge in [-0.1, -0.05) is 18.2 Å². The molecule has 1 aromatic carbocycles. The Labute approximate surface area is 167 Å². The van der Waals surface area contributed by atoms with Crippen LogP contribution in [0.25, 0.3) is 10.9 Å². The molecule has 152 valence electrons. The smallest absolute Gasteiger partial charge is 0.245 e. The Hall–Kier alpha value is -2.34. The number of piperidine rings is 1. The molecule has 3 rings (SSSR count). The molecule has 1 fully saturated rings. The number of rotatable bonds is 6. The first-order valence-corrected chi connectivity index (χ1v) is 10.2. The van der Waals surface area contributed by atoms with Crippen LogP contribution in [0.2, 0.25) is 0 Å². The standard InChI is InChI=1S/C22H32N4O2/c1-15(2)26-11-9-18(10-12-26)25(4)22(28)21(24-16(3)27)13-17-14-23-20-8-6-5-7-19(17)20/h5-8,14-15,18,21,23H,9-13H2,1-4H3,(H,24,27). The average Bonchev–Trinajstić information content (AvgIpc) is 3.09. The van der Waals surface area contributed by atoms with Gasteiger partial charge in [0.1, 0.15) is 6.04 Å². The number of benzene rings is 1. The molecule has 1 aliphatic heterocycles. The highest BCUT2D eigenvalue weighted by Gasteiger charge is 2.31. The van der Waals surface area contributed by atoms with Crippen molar-refractivity contribution in [3.05, 3.63) is 36.0 Å². The zero-order chi connectivity index (χ0) is 20.3. The van der Waals surface area contributed by atoms with Crippen LogP contribution in [0.4, 0.5) is 0 Å². The summed E-state index contributed by atoms with van der Waals surface area (Å²) in [6, 6.07) is 8.24. The molecule has 1 aliphatic rings. The number of aromatic nitrogens is 1. The molecule has 0 bridgehead atoms.